The number of rotatable bonds is 7. The van der Waals surface area contributed by atoms with Gasteiger partial charge in [-0.1, -0.05) is 24.6 Å². The molecule has 0 spiro atoms. The number of hydrogen-bond acceptors (Lipinski definition) is 6. The third kappa shape index (κ3) is 4.89. The third-order valence-corrected chi connectivity index (χ3v) is 8.03. The maximum atomic E-state index is 14.9. The number of hydrogen-bond donors (Lipinski definition) is 2. The highest BCUT2D eigenvalue weighted by Gasteiger charge is 2.35. The normalized spacial score (nSPS) is 15.5. The molecule has 0 radical (unpaired) electrons. The Morgan fingerprint density at radius 2 is 1.97 bits per heavy atom. The lowest BCUT2D eigenvalue weighted by atomic mass is 9.88. The van der Waals surface area contributed by atoms with Gasteiger partial charge in [-0.25, -0.2) is 22.7 Å². The molecule has 0 saturated carbocycles. The average molecular weight is 523 g/mol. The summed E-state index contributed by atoms with van der Waals surface area (Å²) in [5.41, 5.74) is 1.59. The lowest BCUT2D eigenvalue weighted by molar-refractivity contribution is 0.0647. The van der Waals surface area contributed by atoms with E-state index in [2.05, 4.69) is 14.9 Å². The molecule has 0 aliphatic carbocycles. The van der Waals surface area contributed by atoms with Gasteiger partial charge in [-0.2, -0.15) is 4.72 Å². The number of nitrogens with zero attached hydrogens (tertiary/aromatic N) is 2. The molecule has 1 aliphatic rings. The molecule has 12 heteroatoms. The minimum atomic E-state index is -4.39. The number of aryl methyl sites for hydroxylation is 1. The van der Waals surface area contributed by atoms with Crippen LogP contribution < -0.4 is 10.5 Å². The van der Waals surface area contributed by atoms with E-state index in [1.54, 1.807) is 26.8 Å². The van der Waals surface area contributed by atoms with Crippen molar-refractivity contribution in [1.82, 2.24) is 19.8 Å². The first-order valence-electron chi connectivity index (χ1n) is 10.9. The Morgan fingerprint density at radius 1 is 1.26 bits per heavy atom. The van der Waals surface area contributed by atoms with E-state index in [1.165, 1.54) is 29.2 Å². The molecule has 1 saturated heterocycles. The predicted molar refractivity (Wildman–Crippen MR) is 126 cm³/mol. The minimum Gasteiger partial charge on any atom is -0.391 e. The molecule has 1 aliphatic heterocycles. The summed E-state index contributed by atoms with van der Waals surface area (Å²) in [6.07, 6.45) is 0.825. The van der Waals surface area contributed by atoms with Gasteiger partial charge in [0, 0.05) is 24.0 Å². The molecule has 9 nitrogen and oxygen atoms in total. The fraction of sp³-hybridized carbons (Fsp3) is 0.348. The van der Waals surface area contributed by atoms with Crippen LogP contribution in [0.15, 0.2) is 44.4 Å². The SMILES string of the molecule is Cc1ccc(F)c(C(C)C(NS(=O)(=O)c2ccc(Cl)cc2C(=O)N2CCC2)c2n[nH]c(=O)o2)c1C. The lowest BCUT2D eigenvalue weighted by Gasteiger charge is -2.31. The van der Waals surface area contributed by atoms with Crippen LogP contribution in [0.5, 0.6) is 0 Å². The van der Waals surface area contributed by atoms with Crippen molar-refractivity contribution >= 4 is 27.5 Å². The van der Waals surface area contributed by atoms with Crippen LogP contribution in [-0.4, -0.2) is 42.5 Å². The number of sulfonamides is 1. The molecule has 3 aromatic rings. The van der Waals surface area contributed by atoms with Crippen LogP contribution in [0.1, 0.15) is 58.2 Å². The number of H-pyrrole nitrogens is 1. The number of aromatic nitrogens is 2. The van der Waals surface area contributed by atoms with Crippen LogP contribution in [0.25, 0.3) is 0 Å². The van der Waals surface area contributed by atoms with Crippen molar-refractivity contribution in [3.8, 4) is 0 Å². The lowest BCUT2D eigenvalue weighted by Crippen LogP contribution is -2.43. The number of halogens is 2. The molecule has 2 aromatic carbocycles. The summed E-state index contributed by atoms with van der Waals surface area (Å²) in [6, 6.07) is 5.55. The summed E-state index contributed by atoms with van der Waals surface area (Å²) >= 11 is 6.07. The standard InChI is InChI=1S/C23H24ClFN4O5S/c1-12-5-7-17(25)19(13(12)2)14(3)20(21-26-27-23(31)34-21)28-35(32,33)18-8-6-15(24)11-16(18)22(30)29-9-4-10-29/h5-8,11,14,20,28H,4,9-10H2,1-3H3,(H,27,31). The van der Waals surface area contributed by atoms with Crippen molar-refractivity contribution in [2.24, 2.45) is 0 Å². The smallest absolute Gasteiger partial charge is 0.391 e. The Balaban J connectivity index is 1.79. The molecule has 186 valence electrons. The maximum absolute atomic E-state index is 14.9. The van der Waals surface area contributed by atoms with E-state index in [1.807, 2.05) is 0 Å². The van der Waals surface area contributed by atoms with Crippen LogP contribution in [0.4, 0.5) is 4.39 Å². The summed E-state index contributed by atoms with van der Waals surface area (Å²) < 4.78 is 49.6. The zero-order chi connectivity index (χ0) is 25.5. The monoisotopic (exact) mass is 522 g/mol. The second-order valence-corrected chi connectivity index (χ2v) is 10.6. The number of aromatic amines is 1. The van der Waals surface area contributed by atoms with E-state index >= 15 is 0 Å². The van der Waals surface area contributed by atoms with Crippen LogP contribution in [0.3, 0.4) is 0 Å². The zero-order valence-electron chi connectivity index (χ0n) is 19.3. The second-order valence-electron chi connectivity index (χ2n) is 8.53. The minimum absolute atomic E-state index is 0.0856. The van der Waals surface area contributed by atoms with Crippen molar-refractivity contribution < 1.29 is 22.0 Å². The Morgan fingerprint density at radius 3 is 2.57 bits per heavy atom. The summed E-state index contributed by atoms with van der Waals surface area (Å²) in [4.78, 5) is 25.8. The largest absolute Gasteiger partial charge is 0.434 e. The molecule has 2 heterocycles. The van der Waals surface area contributed by atoms with Crippen LogP contribution in [0.2, 0.25) is 5.02 Å². The van der Waals surface area contributed by atoms with Crippen LogP contribution in [-0.2, 0) is 10.0 Å². The summed E-state index contributed by atoms with van der Waals surface area (Å²) in [7, 11) is -4.39. The molecule has 1 fully saturated rings. The molecular formula is C23H24ClFN4O5S. The Bertz CT molecular complexity index is 1450. The summed E-state index contributed by atoms with van der Waals surface area (Å²) in [5, 5.41) is 6.11. The van der Waals surface area contributed by atoms with Crippen LogP contribution in [0, 0.1) is 19.7 Å². The van der Waals surface area contributed by atoms with E-state index in [0.29, 0.717) is 18.7 Å². The van der Waals surface area contributed by atoms with Gasteiger partial charge < -0.3 is 9.32 Å². The number of nitrogens with one attached hydrogen (secondary N) is 2. The number of benzene rings is 2. The van der Waals surface area contributed by atoms with Gasteiger partial charge in [0.1, 0.15) is 11.9 Å². The van der Waals surface area contributed by atoms with Crippen LogP contribution >= 0.6 is 11.6 Å². The quantitative estimate of drug-likeness (QED) is 0.489. The van der Waals surface area contributed by atoms with Crippen molar-refractivity contribution in [1.29, 1.82) is 0 Å². The van der Waals surface area contributed by atoms with Gasteiger partial charge in [0.25, 0.3) is 5.91 Å². The molecule has 1 aromatic heterocycles. The summed E-state index contributed by atoms with van der Waals surface area (Å²) in [6.45, 7) is 6.16. The maximum Gasteiger partial charge on any atom is 0.434 e. The Labute approximate surface area is 206 Å². The molecule has 35 heavy (non-hydrogen) atoms. The third-order valence-electron chi connectivity index (χ3n) is 6.30. The van der Waals surface area contributed by atoms with Crippen molar-refractivity contribution in [2.45, 2.75) is 44.0 Å². The second kappa shape index (κ2) is 9.56. The van der Waals surface area contributed by atoms with Gasteiger partial charge in [-0.3, -0.25) is 4.79 Å². The van der Waals surface area contributed by atoms with E-state index in [4.69, 9.17) is 16.0 Å². The first kappa shape index (κ1) is 25.1. The average Bonchev–Trinajstić information content (AvgIpc) is 3.19. The molecule has 0 bridgehead atoms. The van der Waals surface area contributed by atoms with Gasteiger partial charge in [0.05, 0.1) is 10.5 Å². The fourth-order valence-corrected chi connectivity index (χ4v) is 5.72. The van der Waals surface area contributed by atoms with Gasteiger partial charge in [0.15, 0.2) is 0 Å². The molecule has 1 amide bonds. The number of likely N-dealkylation sites (tertiary alicyclic amines) is 1. The highest BCUT2D eigenvalue weighted by atomic mass is 35.5. The van der Waals surface area contributed by atoms with Crippen molar-refractivity contribution in [3.63, 3.8) is 0 Å². The van der Waals surface area contributed by atoms with E-state index in [0.717, 1.165) is 12.0 Å². The molecule has 2 atom stereocenters. The van der Waals surface area contributed by atoms with Crippen molar-refractivity contribution in [2.75, 3.05) is 13.1 Å². The molecule has 2 N–H and O–H groups in total. The predicted octanol–water partition coefficient (Wildman–Crippen LogP) is 3.44. The molecule has 2 unspecified atom stereocenters. The van der Waals surface area contributed by atoms with Crippen molar-refractivity contribution in [3.05, 3.63) is 79.9 Å². The highest BCUT2D eigenvalue weighted by Crippen LogP contribution is 2.36. The number of amides is 1. The number of carbonyl (C=O) groups is 1. The van der Waals surface area contributed by atoms with E-state index in [-0.39, 0.29) is 26.9 Å². The first-order chi connectivity index (χ1) is 16.5. The summed E-state index contributed by atoms with van der Waals surface area (Å²) in [5.74, 6) is -3.00. The van der Waals surface area contributed by atoms with Gasteiger partial charge in [0.2, 0.25) is 15.9 Å². The zero-order valence-corrected chi connectivity index (χ0v) is 20.8. The molecular weight excluding hydrogens is 499 g/mol. The van der Waals surface area contributed by atoms with Gasteiger partial charge >= 0.3 is 5.76 Å². The van der Waals surface area contributed by atoms with E-state index < -0.39 is 39.5 Å². The topological polar surface area (TPSA) is 125 Å². The Kier molecular flexibility index (Phi) is 6.85. The van der Waals surface area contributed by atoms with E-state index in [9.17, 15) is 22.4 Å². The molecule has 4 rings (SSSR count). The Hall–Kier alpha value is -3.02. The number of carbonyl (C=O) groups excluding carboxylic acids is 1. The van der Waals surface area contributed by atoms with Gasteiger partial charge in [-0.05, 0) is 61.2 Å². The highest BCUT2D eigenvalue weighted by molar-refractivity contribution is 7.89. The first-order valence-corrected chi connectivity index (χ1v) is 12.8. The fourth-order valence-electron chi connectivity index (χ4n) is 4.09. The van der Waals surface area contributed by atoms with Gasteiger partial charge in [-0.15, -0.1) is 5.10 Å².